The lowest BCUT2D eigenvalue weighted by Gasteiger charge is -2.21. The molecule has 0 aliphatic rings. The lowest BCUT2D eigenvalue weighted by molar-refractivity contribution is 0.0990. The van der Waals surface area contributed by atoms with Gasteiger partial charge in [0, 0.05) is 12.6 Å². The molecule has 1 aromatic heterocycles. The van der Waals surface area contributed by atoms with Crippen LogP contribution >= 0.6 is 0 Å². The van der Waals surface area contributed by atoms with Crippen molar-refractivity contribution in [3.8, 4) is 5.75 Å². The predicted molar refractivity (Wildman–Crippen MR) is 129 cm³/mol. The number of nitrogens with one attached hydrogen (secondary N) is 2. The number of imidazole rings is 1. The van der Waals surface area contributed by atoms with Gasteiger partial charge in [0.25, 0.3) is 17.7 Å². The second-order valence-electron chi connectivity index (χ2n) is 7.72. The summed E-state index contributed by atoms with van der Waals surface area (Å²) < 4.78 is 5.43. The number of carbonyl (C=O) groups excluding carboxylic acids is 3. The average Bonchev–Trinajstić information content (AvgIpc) is 3.32. The first-order chi connectivity index (χ1) is 16.3. The van der Waals surface area contributed by atoms with Crippen molar-refractivity contribution in [3.05, 3.63) is 83.2 Å². The lowest BCUT2D eigenvalue weighted by Crippen LogP contribution is -2.29. The van der Waals surface area contributed by atoms with Gasteiger partial charge in [-0.15, -0.1) is 0 Å². The summed E-state index contributed by atoms with van der Waals surface area (Å²) in [5.41, 5.74) is 9.40. The molecule has 0 spiro atoms. The van der Waals surface area contributed by atoms with Crippen molar-refractivity contribution in [2.45, 2.75) is 6.92 Å². The van der Waals surface area contributed by atoms with Crippen LogP contribution in [-0.4, -0.2) is 41.8 Å². The quantitative estimate of drug-likeness (QED) is 0.408. The highest BCUT2D eigenvalue weighted by molar-refractivity contribution is 6.13. The predicted octanol–water partition coefficient (Wildman–Crippen LogP) is 3.51. The van der Waals surface area contributed by atoms with Crippen molar-refractivity contribution in [2.75, 3.05) is 24.4 Å². The Hall–Kier alpha value is -4.66. The van der Waals surface area contributed by atoms with Crippen LogP contribution < -0.4 is 20.7 Å². The molecule has 172 valence electrons. The zero-order chi connectivity index (χ0) is 24.4. The van der Waals surface area contributed by atoms with Crippen molar-refractivity contribution < 1.29 is 19.1 Å². The Morgan fingerprint density at radius 3 is 2.59 bits per heavy atom. The topological polar surface area (TPSA) is 130 Å². The van der Waals surface area contributed by atoms with Gasteiger partial charge < -0.3 is 25.7 Å². The van der Waals surface area contributed by atoms with Gasteiger partial charge in [-0.3, -0.25) is 14.4 Å². The van der Waals surface area contributed by atoms with Gasteiger partial charge in [-0.2, -0.15) is 0 Å². The van der Waals surface area contributed by atoms with E-state index >= 15 is 0 Å². The molecule has 4 rings (SSSR count). The molecule has 0 radical (unpaired) electrons. The summed E-state index contributed by atoms with van der Waals surface area (Å²) >= 11 is 0. The number of fused-ring (bicyclic) bond motifs is 1. The van der Waals surface area contributed by atoms with Gasteiger partial charge in [-0.25, -0.2) is 4.98 Å². The van der Waals surface area contributed by atoms with Gasteiger partial charge in [0.1, 0.15) is 11.3 Å². The summed E-state index contributed by atoms with van der Waals surface area (Å²) in [4.78, 5) is 46.5. The standard InChI is InChI=1S/C25H23N5O4/c1-14-7-10-20(17(11-14)23(26)31)30(2)25(33)15-8-9-18(21(12-15)34-3)29-24(32)16-5-4-6-19-22(16)28-13-27-19/h4-13H,1-3H3,(H2,26,31)(H,27,28)(H,29,32). The number of para-hydroxylation sites is 1. The highest BCUT2D eigenvalue weighted by Gasteiger charge is 2.21. The maximum absolute atomic E-state index is 13.2. The molecule has 0 fully saturated rings. The summed E-state index contributed by atoms with van der Waals surface area (Å²) in [6.07, 6.45) is 1.52. The van der Waals surface area contributed by atoms with Crippen LogP contribution in [0.2, 0.25) is 0 Å². The molecule has 4 N–H and O–H groups in total. The van der Waals surface area contributed by atoms with Crippen molar-refractivity contribution in [1.29, 1.82) is 0 Å². The number of H-pyrrole nitrogens is 1. The summed E-state index contributed by atoms with van der Waals surface area (Å²) in [5.74, 6) is -1.05. The number of nitrogens with two attached hydrogens (primary N) is 1. The number of carbonyl (C=O) groups is 3. The third kappa shape index (κ3) is 4.18. The molecule has 34 heavy (non-hydrogen) atoms. The highest BCUT2D eigenvalue weighted by Crippen LogP contribution is 2.29. The van der Waals surface area contributed by atoms with Crippen LogP contribution in [0.15, 0.2) is 60.9 Å². The number of nitrogens with zero attached hydrogens (tertiary/aromatic N) is 2. The molecule has 9 heteroatoms. The number of anilines is 2. The summed E-state index contributed by atoms with van der Waals surface area (Å²) in [6, 6.07) is 15.1. The molecule has 0 aliphatic heterocycles. The van der Waals surface area contributed by atoms with Crippen LogP contribution in [0.4, 0.5) is 11.4 Å². The number of amides is 3. The molecule has 1 heterocycles. The Kier molecular flexibility index (Phi) is 6.01. The minimum Gasteiger partial charge on any atom is -0.495 e. The van der Waals surface area contributed by atoms with Crippen LogP contribution in [0.1, 0.15) is 36.6 Å². The van der Waals surface area contributed by atoms with Crippen LogP contribution in [0, 0.1) is 6.92 Å². The molecule has 0 unspecified atom stereocenters. The number of benzene rings is 3. The second-order valence-corrected chi connectivity index (χ2v) is 7.72. The van der Waals surface area contributed by atoms with Crippen LogP contribution in [0.25, 0.3) is 11.0 Å². The van der Waals surface area contributed by atoms with E-state index in [-0.39, 0.29) is 17.4 Å². The van der Waals surface area contributed by atoms with Crippen LogP contribution in [-0.2, 0) is 0 Å². The fraction of sp³-hybridized carbons (Fsp3) is 0.120. The lowest BCUT2D eigenvalue weighted by atomic mass is 10.1. The van der Waals surface area contributed by atoms with E-state index in [0.717, 1.165) is 11.1 Å². The Morgan fingerprint density at radius 1 is 1.06 bits per heavy atom. The maximum atomic E-state index is 13.2. The SMILES string of the molecule is COc1cc(C(=O)N(C)c2ccc(C)cc2C(N)=O)ccc1NC(=O)c1cccc2[nH]cnc12. The third-order valence-corrected chi connectivity index (χ3v) is 5.47. The third-order valence-electron chi connectivity index (χ3n) is 5.47. The summed E-state index contributed by atoms with van der Waals surface area (Å²) in [7, 11) is 3.01. The van der Waals surface area contributed by atoms with Gasteiger partial charge in [-0.05, 0) is 49.4 Å². The molecule has 0 saturated heterocycles. The van der Waals surface area contributed by atoms with E-state index in [9.17, 15) is 14.4 Å². The number of hydrogen-bond donors (Lipinski definition) is 3. The first kappa shape index (κ1) is 22.5. The van der Waals surface area contributed by atoms with E-state index in [1.807, 2.05) is 13.0 Å². The smallest absolute Gasteiger partial charge is 0.258 e. The van der Waals surface area contributed by atoms with Crippen molar-refractivity contribution in [1.82, 2.24) is 9.97 Å². The molecular weight excluding hydrogens is 434 g/mol. The summed E-state index contributed by atoms with van der Waals surface area (Å²) in [6.45, 7) is 1.84. The molecular formula is C25H23N5O4. The van der Waals surface area contributed by atoms with Crippen molar-refractivity contribution in [3.63, 3.8) is 0 Å². The molecule has 4 aromatic rings. The molecule has 0 bridgehead atoms. The zero-order valence-corrected chi connectivity index (χ0v) is 18.9. The van der Waals surface area contributed by atoms with Crippen molar-refractivity contribution >= 4 is 40.1 Å². The number of aryl methyl sites for hydroxylation is 1. The fourth-order valence-electron chi connectivity index (χ4n) is 3.71. The first-order valence-electron chi connectivity index (χ1n) is 10.4. The highest BCUT2D eigenvalue weighted by atomic mass is 16.5. The number of methoxy groups -OCH3 is 1. The zero-order valence-electron chi connectivity index (χ0n) is 18.9. The Morgan fingerprint density at radius 2 is 1.85 bits per heavy atom. The Balaban J connectivity index is 1.61. The van der Waals surface area contributed by atoms with Gasteiger partial charge in [-0.1, -0.05) is 17.7 Å². The van der Waals surface area contributed by atoms with E-state index in [1.54, 1.807) is 49.5 Å². The number of rotatable bonds is 6. The molecule has 3 aromatic carbocycles. The first-order valence-corrected chi connectivity index (χ1v) is 10.4. The van der Waals surface area contributed by atoms with Crippen LogP contribution in [0.5, 0.6) is 5.75 Å². The van der Waals surface area contributed by atoms with Crippen LogP contribution in [0.3, 0.4) is 0 Å². The largest absolute Gasteiger partial charge is 0.495 e. The van der Waals surface area contributed by atoms with E-state index < -0.39 is 5.91 Å². The van der Waals surface area contributed by atoms with E-state index in [1.165, 1.54) is 24.4 Å². The summed E-state index contributed by atoms with van der Waals surface area (Å²) in [5, 5.41) is 2.81. The minimum absolute atomic E-state index is 0.249. The molecule has 9 nitrogen and oxygen atoms in total. The number of aromatic amines is 1. The van der Waals surface area contributed by atoms with Gasteiger partial charge in [0.2, 0.25) is 0 Å². The minimum atomic E-state index is -0.624. The Bertz CT molecular complexity index is 1430. The molecule has 0 atom stereocenters. The normalized spacial score (nSPS) is 10.7. The Labute approximate surface area is 195 Å². The van der Waals surface area contributed by atoms with Gasteiger partial charge in [0.05, 0.1) is 41.5 Å². The van der Waals surface area contributed by atoms with Gasteiger partial charge >= 0.3 is 0 Å². The fourth-order valence-corrected chi connectivity index (χ4v) is 3.71. The number of aromatic nitrogens is 2. The van der Waals surface area contributed by atoms with Crippen molar-refractivity contribution in [2.24, 2.45) is 5.73 Å². The molecule has 0 saturated carbocycles. The molecule has 3 amide bonds. The second kappa shape index (κ2) is 9.07. The van der Waals surface area contributed by atoms with E-state index in [0.29, 0.717) is 33.8 Å². The number of hydrogen-bond acceptors (Lipinski definition) is 5. The number of ether oxygens (including phenoxy) is 1. The van der Waals surface area contributed by atoms with E-state index in [2.05, 4.69) is 15.3 Å². The number of primary amides is 1. The molecule has 0 aliphatic carbocycles. The average molecular weight is 457 g/mol. The monoisotopic (exact) mass is 457 g/mol. The maximum Gasteiger partial charge on any atom is 0.258 e. The van der Waals surface area contributed by atoms with Gasteiger partial charge in [0.15, 0.2) is 0 Å². The van der Waals surface area contributed by atoms with E-state index in [4.69, 9.17) is 10.5 Å².